The van der Waals surface area contributed by atoms with E-state index in [0.717, 1.165) is 22.3 Å². The normalized spacial score (nSPS) is 11.1. The zero-order valence-electron chi connectivity index (χ0n) is 16.7. The Morgan fingerprint density at radius 1 is 0.828 bits per heavy atom. The summed E-state index contributed by atoms with van der Waals surface area (Å²) in [5.41, 5.74) is 5.17. The first kappa shape index (κ1) is 20.6. The third kappa shape index (κ3) is 5.45. The lowest BCUT2D eigenvalue weighted by Gasteiger charge is -2.11. The molecule has 2 N–H and O–H groups in total. The maximum Gasteiger partial charge on any atom is 0.261 e. The molecule has 1 amide bonds. The smallest absolute Gasteiger partial charge is 0.261 e. The first-order valence-electron chi connectivity index (χ1n) is 9.28. The molecule has 0 atom stereocenters. The molecule has 0 aliphatic carbocycles. The molecule has 0 spiro atoms. The second-order valence-corrected chi connectivity index (χ2v) is 8.84. The van der Waals surface area contributed by atoms with Gasteiger partial charge < -0.3 is 5.32 Å². The highest BCUT2D eigenvalue weighted by Crippen LogP contribution is 2.19. The van der Waals surface area contributed by atoms with Crippen LogP contribution in [0, 0.1) is 20.8 Å². The number of nitrogens with one attached hydrogen (secondary N) is 2. The van der Waals surface area contributed by atoms with Crippen LogP contribution in [0.2, 0.25) is 0 Å². The molecular weight excluding hydrogens is 384 g/mol. The minimum absolute atomic E-state index is 0.131. The molecule has 0 aliphatic rings. The van der Waals surface area contributed by atoms with Crippen LogP contribution in [-0.4, -0.2) is 14.3 Å². The first-order valence-corrected chi connectivity index (χ1v) is 10.8. The molecule has 6 heteroatoms. The fourth-order valence-corrected chi connectivity index (χ4v) is 4.06. The summed E-state index contributed by atoms with van der Waals surface area (Å²) in [6, 6.07) is 19.3. The molecule has 0 fully saturated rings. The Labute approximate surface area is 171 Å². The number of rotatable bonds is 6. The monoisotopic (exact) mass is 408 g/mol. The average molecular weight is 409 g/mol. The summed E-state index contributed by atoms with van der Waals surface area (Å²) in [5, 5.41) is 2.82. The fourth-order valence-electron chi connectivity index (χ4n) is 3.01. The summed E-state index contributed by atoms with van der Waals surface area (Å²) >= 11 is 0. The van der Waals surface area contributed by atoms with Crippen molar-refractivity contribution in [3.63, 3.8) is 0 Å². The third-order valence-corrected chi connectivity index (χ3v) is 5.97. The van der Waals surface area contributed by atoms with E-state index in [9.17, 15) is 13.2 Å². The largest absolute Gasteiger partial charge is 0.326 e. The SMILES string of the molecule is Cc1cccc(NS(=O)(=O)c2ccc(NC(=O)Cc3cc(C)ccc3C)cc2)c1. The topological polar surface area (TPSA) is 75.3 Å². The fraction of sp³-hybridized carbons (Fsp3) is 0.174. The molecule has 0 radical (unpaired) electrons. The van der Waals surface area contributed by atoms with Crippen LogP contribution in [0.15, 0.2) is 71.6 Å². The molecule has 0 saturated heterocycles. The maximum absolute atomic E-state index is 12.6. The molecule has 0 heterocycles. The molecule has 3 rings (SSSR count). The highest BCUT2D eigenvalue weighted by Gasteiger charge is 2.14. The van der Waals surface area contributed by atoms with Gasteiger partial charge in [-0.25, -0.2) is 8.42 Å². The Kier molecular flexibility index (Phi) is 6.03. The number of hydrogen-bond donors (Lipinski definition) is 2. The van der Waals surface area contributed by atoms with Gasteiger partial charge in [0.05, 0.1) is 11.3 Å². The molecular formula is C23H24N2O3S. The van der Waals surface area contributed by atoms with Crippen molar-refractivity contribution in [3.05, 3.63) is 89.0 Å². The molecule has 0 unspecified atom stereocenters. The first-order chi connectivity index (χ1) is 13.7. The summed E-state index contributed by atoms with van der Waals surface area (Å²) in [7, 11) is -3.70. The highest BCUT2D eigenvalue weighted by molar-refractivity contribution is 7.92. The van der Waals surface area contributed by atoms with Crippen molar-refractivity contribution in [2.24, 2.45) is 0 Å². The highest BCUT2D eigenvalue weighted by atomic mass is 32.2. The van der Waals surface area contributed by atoms with Gasteiger partial charge in [-0.05, 0) is 73.9 Å². The molecule has 3 aromatic rings. The molecule has 0 saturated carbocycles. The number of aryl methyl sites for hydroxylation is 3. The lowest BCUT2D eigenvalue weighted by atomic mass is 10.0. The Hall–Kier alpha value is -3.12. The minimum atomic E-state index is -3.70. The van der Waals surface area contributed by atoms with Crippen LogP contribution in [0.4, 0.5) is 11.4 Å². The van der Waals surface area contributed by atoms with Gasteiger partial charge in [0.25, 0.3) is 10.0 Å². The molecule has 150 valence electrons. The van der Waals surface area contributed by atoms with Crippen molar-refractivity contribution in [2.45, 2.75) is 32.1 Å². The van der Waals surface area contributed by atoms with Crippen LogP contribution in [0.5, 0.6) is 0 Å². The lowest BCUT2D eigenvalue weighted by Crippen LogP contribution is -2.16. The quantitative estimate of drug-likeness (QED) is 0.626. The van der Waals surface area contributed by atoms with Crippen LogP contribution in [0.1, 0.15) is 22.3 Å². The van der Waals surface area contributed by atoms with E-state index >= 15 is 0 Å². The van der Waals surface area contributed by atoms with E-state index in [4.69, 9.17) is 0 Å². The predicted molar refractivity (Wildman–Crippen MR) is 117 cm³/mol. The van der Waals surface area contributed by atoms with Gasteiger partial charge in [0.2, 0.25) is 5.91 Å². The van der Waals surface area contributed by atoms with Gasteiger partial charge >= 0.3 is 0 Å². The number of hydrogen-bond acceptors (Lipinski definition) is 3. The van der Waals surface area contributed by atoms with Crippen molar-refractivity contribution in [3.8, 4) is 0 Å². The molecule has 0 bridgehead atoms. The van der Waals surface area contributed by atoms with E-state index in [2.05, 4.69) is 10.0 Å². The minimum Gasteiger partial charge on any atom is -0.326 e. The molecule has 29 heavy (non-hydrogen) atoms. The lowest BCUT2D eigenvalue weighted by molar-refractivity contribution is -0.115. The Morgan fingerprint density at radius 3 is 2.21 bits per heavy atom. The van der Waals surface area contributed by atoms with Gasteiger partial charge in [0, 0.05) is 11.4 Å². The van der Waals surface area contributed by atoms with E-state index in [1.165, 1.54) is 12.1 Å². The number of benzene rings is 3. The number of amides is 1. The Bertz CT molecular complexity index is 1140. The van der Waals surface area contributed by atoms with Crippen LogP contribution in [-0.2, 0) is 21.2 Å². The zero-order chi connectivity index (χ0) is 21.0. The maximum atomic E-state index is 12.6. The van der Waals surface area contributed by atoms with Crippen molar-refractivity contribution in [1.29, 1.82) is 0 Å². The van der Waals surface area contributed by atoms with Gasteiger partial charge in [-0.1, -0.05) is 35.9 Å². The van der Waals surface area contributed by atoms with Gasteiger partial charge in [-0.3, -0.25) is 9.52 Å². The Morgan fingerprint density at radius 2 is 1.52 bits per heavy atom. The third-order valence-electron chi connectivity index (χ3n) is 4.57. The predicted octanol–water partition coefficient (Wildman–Crippen LogP) is 4.59. The summed E-state index contributed by atoms with van der Waals surface area (Å²) < 4.78 is 27.7. The van der Waals surface area contributed by atoms with Crippen LogP contribution in [0.3, 0.4) is 0 Å². The summed E-state index contributed by atoms with van der Waals surface area (Å²) in [5.74, 6) is -0.146. The number of carbonyl (C=O) groups excluding carboxylic acids is 1. The van der Waals surface area contributed by atoms with Crippen LogP contribution >= 0.6 is 0 Å². The van der Waals surface area contributed by atoms with Gasteiger partial charge in [-0.15, -0.1) is 0 Å². The van der Waals surface area contributed by atoms with Gasteiger partial charge in [0.1, 0.15) is 0 Å². The van der Waals surface area contributed by atoms with E-state index in [-0.39, 0.29) is 17.2 Å². The van der Waals surface area contributed by atoms with E-state index in [1.807, 2.05) is 45.0 Å². The number of anilines is 2. The zero-order valence-corrected chi connectivity index (χ0v) is 17.5. The van der Waals surface area contributed by atoms with Crippen LogP contribution in [0.25, 0.3) is 0 Å². The molecule has 3 aromatic carbocycles. The van der Waals surface area contributed by atoms with Crippen LogP contribution < -0.4 is 10.0 Å². The van der Waals surface area contributed by atoms with Gasteiger partial charge in [0.15, 0.2) is 0 Å². The van der Waals surface area contributed by atoms with Crippen molar-refractivity contribution in [2.75, 3.05) is 10.0 Å². The van der Waals surface area contributed by atoms with Crippen molar-refractivity contribution in [1.82, 2.24) is 0 Å². The standard InChI is InChI=1S/C23H24N2O3S/c1-16-5-4-6-21(14-16)25-29(27,28)22-11-9-20(10-12-22)24-23(26)15-19-13-17(2)7-8-18(19)3/h4-14,25H,15H2,1-3H3,(H,24,26). The van der Waals surface area contributed by atoms with E-state index < -0.39 is 10.0 Å². The number of carbonyl (C=O) groups is 1. The average Bonchev–Trinajstić information content (AvgIpc) is 2.65. The Balaban J connectivity index is 1.68. The van der Waals surface area contributed by atoms with Crippen molar-refractivity contribution >= 4 is 27.3 Å². The second-order valence-electron chi connectivity index (χ2n) is 7.15. The number of sulfonamides is 1. The summed E-state index contributed by atoms with van der Waals surface area (Å²) in [4.78, 5) is 12.5. The van der Waals surface area contributed by atoms with E-state index in [1.54, 1.807) is 30.3 Å². The summed E-state index contributed by atoms with van der Waals surface area (Å²) in [6.07, 6.45) is 0.266. The van der Waals surface area contributed by atoms with Crippen molar-refractivity contribution < 1.29 is 13.2 Å². The second kappa shape index (κ2) is 8.49. The van der Waals surface area contributed by atoms with Gasteiger partial charge in [-0.2, -0.15) is 0 Å². The van der Waals surface area contributed by atoms with E-state index in [0.29, 0.717) is 11.4 Å². The summed E-state index contributed by atoms with van der Waals surface area (Å²) in [6.45, 7) is 5.86. The molecule has 0 aliphatic heterocycles. The molecule has 5 nitrogen and oxygen atoms in total. The molecule has 0 aromatic heterocycles.